The van der Waals surface area contributed by atoms with Gasteiger partial charge in [-0.3, -0.25) is 0 Å². The van der Waals surface area contributed by atoms with Crippen molar-refractivity contribution in [2.45, 2.75) is 115 Å². The number of unbranched alkanes of at least 4 members (excludes halogenated alkanes) is 6. The fourth-order valence-electron chi connectivity index (χ4n) is 4.31. The summed E-state index contributed by atoms with van der Waals surface area (Å²) in [5.74, 6) is 0.828. The first-order chi connectivity index (χ1) is 12.2. The summed E-state index contributed by atoms with van der Waals surface area (Å²) in [4.78, 5) is 2.60. The Labute approximate surface area is 163 Å². The summed E-state index contributed by atoms with van der Waals surface area (Å²) in [6.45, 7) is 13.1. The van der Waals surface area contributed by atoms with Gasteiger partial charge in [0.2, 0.25) is 0 Å². The molecular weight excluding hydrogens is 321 g/mol. The Balaban J connectivity index is 2.44. The van der Waals surface area contributed by atoms with Gasteiger partial charge in [-0.15, -0.1) is 0 Å². The van der Waals surface area contributed by atoms with Crippen LogP contribution in [-0.2, 0) is 3.79 Å². The van der Waals surface area contributed by atoms with Crippen molar-refractivity contribution >= 4 is 14.5 Å². The van der Waals surface area contributed by atoms with E-state index < -0.39 is 14.5 Å². The van der Waals surface area contributed by atoms with Crippen molar-refractivity contribution in [1.29, 1.82) is 0 Å². The molecule has 1 atom stereocenters. The fraction of sp³-hybridized carbons (Fsp3) is 1.00. The lowest BCUT2D eigenvalue weighted by molar-refractivity contribution is 0.0735. The number of likely N-dealkylation sites (tertiary alicyclic amines) is 1. The lowest BCUT2D eigenvalue weighted by Crippen LogP contribution is -2.40. The van der Waals surface area contributed by atoms with E-state index in [0.29, 0.717) is 6.10 Å². The number of hydrogen-bond acceptors (Lipinski definition) is 2. The SMILES string of the molecule is CCCCC[CH2][Al]([CH2]CCCCC)[O]C(CC)C1CCN(CC)CC1. The predicted octanol–water partition coefficient (Wildman–Crippen LogP) is 6.67. The van der Waals surface area contributed by atoms with Gasteiger partial charge >= 0.3 is 14.5 Å². The molecule has 0 spiro atoms. The molecule has 1 aliphatic rings. The molecule has 0 bridgehead atoms. The molecule has 0 aromatic rings. The van der Waals surface area contributed by atoms with Gasteiger partial charge in [-0.1, -0.05) is 89.6 Å². The molecule has 0 aromatic heterocycles. The third kappa shape index (κ3) is 10.4. The second kappa shape index (κ2) is 15.5. The smallest absolute Gasteiger partial charge is 0.460 e. The zero-order valence-corrected chi connectivity index (χ0v) is 19.1. The molecule has 1 rings (SSSR count). The lowest BCUT2D eigenvalue weighted by Gasteiger charge is -2.37. The molecule has 1 heterocycles. The maximum Gasteiger partial charge on any atom is 0.460 e. The van der Waals surface area contributed by atoms with Gasteiger partial charge in [0.05, 0.1) is 0 Å². The molecule has 3 heteroatoms. The molecule has 1 unspecified atom stereocenters. The van der Waals surface area contributed by atoms with Gasteiger partial charge in [0.25, 0.3) is 0 Å². The maximum absolute atomic E-state index is 6.89. The van der Waals surface area contributed by atoms with E-state index in [9.17, 15) is 0 Å². The van der Waals surface area contributed by atoms with Crippen LogP contribution < -0.4 is 0 Å². The molecule has 0 saturated carbocycles. The zero-order valence-electron chi connectivity index (χ0n) is 17.9. The van der Waals surface area contributed by atoms with Crippen LogP contribution in [0.3, 0.4) is 0 Å². The third-order valence-corrected chi connectivity index (χ3v) is 8.97. The summed E-state index contributed by atoms with van der Waals surface area (Å²) in [5.41, 5.74) is 0. The van der Waals surface area contributed by atoms with Crippen LogP contribution >= 0.6 is 0 Å². The van der Waals surface area contributed by atoms with E-state index in [2.05, 4.69) is 32.6 Å². The van der Waals surface area contributed by atoms with Crippen LogP contribution in [0.2, 0.25) is 10.6 Å². The van der Waals surface area contributed by atoms with Gasteiger partial charge in [0, 0.05) is 6.10 Å². The molecule has 0 aliphatic carbocycles. The van der Waals surface area contributed by atoms with E-state index in [0.717, 1.165) is 5.92 Å². The topological polar surface area (TPSA) is 12.5 Å². The lowest BCUT2D eigenvalue weighted by atomic mass is 9.90. The van der Waals surface area contributed by atoms with Crippen molar-refractivity contribution < 1.29 is 3.79 Å². The summed E-state index contributed by atoms with van der Waals surface area (Å²) in [6.07, 6.45) is 15.7. The minimum absolute atomic E-state index is 0.563. The van der Waals surface area contributed by atoms with E-state index in [1.807, 2.05) is 0 Å². The van der Waals surface area contributed by atoms with Crippen molar-refractivity contribution in [2.75, 3.05) is 19.6 Å². The second-order valence-corrected chi connectivity index (χ2v) is 10.8. The first-order valence-corrected chi connectivity index (χ1v) is 13.7. The van der Waals surface area contributed by atoms with E-state index in [1.54, 1.807) is 0 Å². The molecule has 1 aliphatic heterocycles. The van der Waals surface area contributed by atoms with Gasteiger partial charge in [0.1, 0.15) is 0 Å². The van der Waals surface area contributed by atoms with Crippen LogP contribution in [0.1, 0.15) is 98.3 Å². The molecule has 0 aromatic carbocycles. The maximum atomic E-state index is 6.89. The summed E-state index contributed by atoms with van der Waals surface area (Å²) in [5, 5.41) is 2.85. The molecule has 0 N–H and O–H groups in total. The number of piperidine rings is 1. The van der Waals surface area contributed by atoms with Gasteiger partial charge in [-0.2, -0.15) is 0 Å². The summed E-state index contributed by atoms with van der Waals surface area (Å²) in [6, 6.07) is 0. The average molecular weight is 368 g/mol. The Morgan fingerprint density at radius 1 is 0.840 bits per heavy atom. The number of hydrogen-bond donors (Lipinski definition) is 0. The van der Waals surface area contributed by atoms with Crippen LogP contribution in [-0.4, -0.2) is 45.1 Å². The van der Waals surface area contributed by atoms with Gasteiger partial charge in [0.15, 0.2) is 0 Å². The highest BCUT2D eigenvalue weighted by atomic mass is 27.2. The molecule has 2 nitrogen and oxygen atoms in total. The quantitative estimate of drug-likeness (QED) is 0.237. The summed E-state index contributed by atoms with van der Waals surface area (Å²) < 4.78 is 6.89. The third-order valence-electron chi connectivity index (χ3n) is 6.13. The Hall–Kier alpha value is 0.452. The van der Waals surface area contributed by atoms with Crippen LogP contribution in [0.25, 0.3) is 0 Å². The largest absolute Gasteiger partial charge is 0.498 e. The van der Waals surface area contributed by atoms with Crippen LogP contribution in [0.5, 0.6) is 0 Å². The molecule has 1 fully saturated rings. The minimum atomic E-state index is -1.00. The molecule has 148 valence electrons. The van der Waals surface area contributed by atoms with E-state index >= 15 is 0 Å². The molecule has 0 amide bonds. The number of rotatable bonds is 15. The van der Waals surface area contributed by atoms with Gasteiger partial charge < -0.3 is 8.69 Å². The summed E-state index contributed by atoms with van der Waals surface area (Å²) in [7, 11) is 0. The van der Waals surface area contributed by atoms with Crippen LogP contribution in [0.4, 0.5) is 0 Å². The standard InChI is InChI=1S/C10H20NO.2C6H13.Al/c1-3-10(12)9-5-7-11(4-2)8-6-9;2*1-3-5-6-4-2;/h9-10H,3-8H2,1-2H3;2*1,3-6H2,2H3;/q-1;;;+1. The van der Waals surface area contributed by atoms with Crippen LogP contribution in [0.15, 0.2) is 0 Å². The Bertz CT molecular complexity index is 280. The second-order valence-electron chi connectivity index (χ2n) is 8.18. The van der Waals surface area contributed by atoms with Crippen molar-refractivity contribution in [1.82, 2.24) is 4.90 Å². The van der Waals surface area contributed by atoms with Gasteiger partial charge in [-0.25, -0.2) is 0 Å². The van der Waals surface area contributed by atoms with E-state index in [-0.39, 0.29) is 0 Å². The highest BCUT2D eigenvalue weighted by Crippen LogP contribution is 2.27. The minimum Gasteiger partial charge on any atom is -0.498 e. The van der Waals surface area contributed by atoms with Crippen molar-refractivity contribution in [3.8, 4) is 0 Å². The molecule has 1 saturated heterocycles. The molecule has 25 heavy (non-hydrogen) atoms. The van der Waals surface area contributed by atoms with E-state index in [1.165, 1.54) is 101 Å². The van der Waals surface area contributed by atoms with Crippen molar-refractivity contribution in [2.24, 2.45) is 5.92 Å². The monoisotopic (exact) mass is 367 g/mol. The predicted molar refractivity (Wildman–Crippen MR) is 114 cm³/mol. The Morgan fingerprint density at radius 3 is 1.84 bits per heavy atom. The van der Waals surface area contributed by atoms with Crippen molar-refractivity contribution in [3.05, 3.63) is 0 Å². The molecule has 0 radical (unpaired) electrons. The van der Waals surface area contributed by atoms with E-state index in [4.69, 9.17) is 3.79 Å². The molecular formula is C22H46AlNO. The first-order valence-electron chi connectivity index (χ1n) is 11.6. The normalized spacial score (nSPS) is 17.8. The highest BCUT2D eigenvalue weighted by Gasteiger charge is 2.30. The van der Waals surface area contributed by atoms with Gasteiger partial charge in [-0.05, 0) is 44.8 Å². The Morgan fingerprint density at radius 2 is 1.40 bits per heavy atom. The first kappa shape index (κ1) is 23.5. The number of nitrogens with zero attached hydrogens (tertiary/aromatic N) is 1. The highest BCUT2D eigenvalue weighted by molar-refractivity contribution is 6.51. The van der Waals surface area contributed by atoms with Crippen molar-refractivity contribution in [3.63, 3.8) is 0 Å². The summed E-state index contributed by atoms with van der Waals surface area (Å²) >= 11 is -1.00. The average Bonchev–Trinajstić information content (AvgIpc) is 2.66. The Kier molecular flexibility index (Phi) is 14.6. The zero-order chi connectivity index (χ0) is 18.3. The van der Waals surface area contributed by atoms with Crippen LogP contribution in [0, 0.1) is 5.92 Å². The fourth-order valence-corrected chi connectivity index (χ4v) is 7.26.